The highest BCUT2D eigenvalue weighted by Crippen LogP contribution is 2.24. The van der Waals surface area contributed by atoms with Gasteiger partial charge in [0.25, 0.3) is 5.91 Å². The van der Waals surface area contributed by atoms with Gasteiger partial charge in [-0.2, -0.15) is 5.10 Å². The third kappa shape index (κ3) is 2.91. The smallest absolute Gasteiger partial charge is 0.270 e. The Morgan fingerprint density at radius 1 is 1.35 bits per heavy atom. The van der Waals surface area contributed by atoms with Gasteiger partial charge in [-0.3, -0.25) is 9.48 Å². The normalized spacial score (nSPS) is 15.0. The number of amides is 1. The Labute approximate surface area is 153 Å². The van der Waals surface area contributed by atoms with E-state index in [0.29, 0.717) is 0 Å². The largest absolute Gasteiger partial charge is 0.361 e. The molecule has 136 valence electrons. The minimum absolute atomic E-state index is 0.00771. The van der Waals surface area contributed by atoms with Gasteiger partial charge in [0.15, 0.2) is 0 Å². The number of hydrogen-bond acceptors (Lipinski definition) is 2. The molecule has 1 atom stereocenters. The summed E-state index contributed by atoms with van der Waals surface area (Å²) in [5, 5.41) is 8.97. The van der Waals surface area contributed by atoms with Gasteiger partial charge in [-0.05, 0) is 57.1 Å². The van der Waals surface area contributed by atoms with E-state index in [4.69, 9.17) is 0 Å². The van der Waals surface area contributed by atoms with Crippen LogP contribution >= 0.6 is 0 Å². The molecule has 0 aliphatic heterocycles. The van der Waals surface area contributed by atoms with Crippen LogP contribution in [0, 0.1) is 6.92 Å². The van der Waals surface area contributed by atoms with Gasteiger partial charge in [-0.25, -0.2) is 0 Å². The first-order chi connectivity index (χ1) is 12.5. The summed E-state index contributed by atoms with van der Waals surface area (Å²) in [6.07, 6.45) is 7.12. The Morgan fingerprint density at radius 2 is 2.15 bits per heavy atom. The lowest BCUT2D eigenvalue weighted by Crippen LogP contribution is -2.35. The van der Waals surface area contributed by atoms with Crippen LogP contribution < -0.4 is 5.32 Å². The fourth-order valence-corrected chi connectivity index (χ4v) is 4.17. The zero-order valence-electron chi connectivity index (χ0n) is 15.7. The van der Waals surface area contributed by atoms with Gasteiger partial charge in [0.05, 0.1) is 5.69 Å². The quantitative estimate of drug-likeness (QED) is 0.757. The lowest BCUT2D eigenvalue weighted by atomic mass is 9.95. The summed E-state index contributed by atoms with van der Waals surface area (Å²) < 4.78 is 1.76. The second-order valence-corrected chi connectivity index (χ2v) is 7.49. The molecule has 2 heterocycles. The van der Waals surface area contributed by atoms with Crippen molar-refractivity contribution < 1.29 is 4.79 Å². The molecule has 5 heteroatoms. The third-order valence-corrected chi connectivity index (χ3v) is 5.45. The van der Waals surface area contributed by atoms with Crippen molar-refractivity contribution in [3.05, 3.63) is 52.5 Å². The predicted molar refractivity (Wildman–Crippen MR) is 104 cm³/mol. The molecule has 0 radical (unpaired) electrons. The topological polar surface area (TPSA) is 62.7 Å². The number of para-hydroxylation sites is 1. The standard InChI is InChI=1S/C21H26N4O/c1-13-7-6-9-16-15(12-22-19(13)16)11-14(2)23-21(26)20-17-8-4-5-10-18(17)24-25(20)3/h6-7,9,12,14,22H,4-5,8,10-11H2,1-3H3,(H,23,26). The Kier molecular flexibility index (Phi) is 4.31. The van der Waals surface area contributed by atoms with Crippen LogP contribution in [0.3, 0.4) is 0 Å². The summed E-state index contributed by atoms with van der Waals surface area (Å²) in [7, 11) is 1.88. The summed E-state index contributed by atoms with van der Waals surface area (Å²) >= 11 is 0. The van der Waals surface area contributed by atoms with Crippen LogP contribution in [0.1, 0.15) is 52.6 Å². The number of nitrogens with one attached hydrogen (secondary N) is 2. The van der Waals surface area contributed by atoms with Crippen LogP contribution in [-0.4, -0.2) is 26.7 Å². The number of carbonyl (C=O) groups excluding carboxylic acids is 1. The van der Waals surface area contributed by atoms with E-state index in [0.717, 1.165) is 42.6 Å². The van der Waals surface area contributed by atoms with Crippen molar-refractivity contribution in [1.29, 1.82) is 0 Å². The first-order valence-corrected chi connectivity index (χ1v) is 9.45. The number of aryl methyl sites for hydroxylation is 3. The molecule has 0 bridgehead atoms. The summed E-state index contributed by atoms with van der Waals surface area (Å²) in [5.41, 5.74) is 6.65. The van der Waals surface area contributed by atoms with E-state index in [9.17, 15) is 4.79 Å². The van der Waals surface area contributed by atoms with Crippen molar-refractivity contribution >= 4 is 16.8 Å². The van der Waals surface area contributed by atoms with Crippen LogP contribution in [-0.2, 0) is 26.3 Å². The van der Waals surface area contributed by atoms with Gasteiger partial charge in [0.2, 0.25) is 0 Å². The molecule has 1 aliphatic carbocycles. The molecule has 1 aromatic carbocycles. The van der Waals surface area contributed by atoms with Crippen molar-refractivity contribution in [3.63, 3.8) is 0 Å². The van der Waals surface area contributed by atoms with Crippen LogP contribution in [0.2, 0.25) is 0 Å². The average molecular weight is 350 g/mol. The molecule has 2 N–H and O–H groups in total. The maximum absolute atomic E-state index is 12.9. The van der Waals surface area contributed by atoms with Crippen LogP contribution in [0.15, 0.2) is 24.4 Å². The third-order valence-electron chi connectivity index (χ3n) is 5.45. The molecule has 4 rings (SSSR count). The van der Waals surface area contributed by atoms with Crippen molar-refractivity contribution in [2.75, 3.05) is 0 Å². The molecule has 5 nitrogen and oxygen atoms in total. The Hall–Kier alpha value is -2.56. The summed E-state index contributed by atoms with van der Waals surface area (Å²) in [4.78, 5) is 16.2. The highest BCUT2D eigenvalue weighted by atomic mass is 16.2. The second kappa shape index (κ2) is 6.63. The molecule has 1 aliphatic rings. The van der Waals surface area contributed by atoms with Gasteiger partial charge in [0, 0.05) is 35.8 Å². The monoisotopic (exact) mass is 350 g/mol. The van der Waals surface area contributed by atoms with Crippen LogP contribution in [0.25, 0.3) is 10.9 Å². The molecule has 2 aromatic heterocycles. The molecular weight excluding hydrogens is 324 g/mol. The maximum Gasteiger partial charge on any atom is 0.270 e. The lowest BCUT2D eigenvalue weighted by Gasteiger charge is -2.16. The SMILES string of the molecule is Cc1cccc2c(CC(C)NC(=O)c3c4c(nn3C)CCCC4)c[nH]c12. The van der Waals surface area contributed by atoms with Gasteiger partial charge in [-0.1, -0.05) is 18.2 Å². The highest BCUT2D eigenvalue weighted by Gasteiger charge is 2.24. The van der Waals surface area contributed by atoms with Gasteiger partial charge < -0.3 is 10.3 Å². The number of H-pyrrole nitrogens is 1. The Balaban J connectivity index is 1.51. The van der Waals surface area contributed by atoms with Gasteiger partial charge in [-0.15, -0.1) is 0 Å². The van der Waals surface area contributed by atoms with E-state index < -0.39 is 0 Å². The number of benzene rings is 1. The number of hydrogen-bond donors (Lipinski definition) is 2. The number of aromatic amines is 1. The first kappa shape index (κ1) is 16.9. The van der Waals surface area contributed by atoms with Gasteiger partial charge in [0.1, 0.15) is 5.69 Å². The first-order valence-electron chi connectivity index (χ1n) is 9.45. The lowest BCUT2D eigenvalue weighted by molar-refractivity contribution is 0.0929. The minimum Gasteiger partial charge on any atom is -0.361 e. The number of carbonyl (C=O) groups is 1. The summed E-state index contributed by atoms with van der Waals surface area (Å²) in [6.45, 7) is 4.18. The summed E-state index contributed by atoms with van der Waals surface area (Å²) in [5.74, 6) is -0.00771. The average Bonchev–Trinajstić information content (AvgIpc) is 3.16. The molecule has 3 aromatic rings. The fourth-order valence-electron chi connectivity index (χ4n) is 4.17. The van der Waals surface area contributed by atoms with E-state index in [1.54, 1.807) is 4.68 Å². The van der Waals surface area contributed by atoms with Crippen molar-refractivity contribution in [2.24, 2.45) is 7.05 Å². The highest BCUT2D eigenvalue weighted by molar-refractivity contribution is 5.94. The molecule has 1 unspecified atom stereocenters. The van der Waals surface area contributed by atoms with E-state index in [1.165, 1.54) is 28.5 Å². The van der Waals surface area contributed by atoms with E-state index >= 15 is 0 Å². The molecule has 0 saturated carbocycles. The molecular formula is C21H26N4O. The number of rotatable bonds is 4. The number of nitrogens with zero attached hydrogens (tertiary/aromatic N) is 2. The van der Waals surface area contributed by atoms with E-state index in [1.807, 2.05) is 7.05 Å². The van der Waals surface area contributed by atoms with E-state index in [2.05, 4.69) is 53.6 Å². The summed E-state index contributed by atoms with van der Waals surface area (Å²) in [6, 6.07) is 6.39. The molecule has 0 fully saturated rings. The van der Waals surface area contributed by atoms with Gasteiger partial charge >= 0.3 is 0 Å². The Bertz CT molecular complexity index is 966. The number of fused-ring (bicyclic) bond motifs is 2. The van der Waals surface area contributed by atoms with Crippen LogP contribution in [0.4, 0.5) is 0 Å². The zero-order chi connectivity index (χ0) is 18.3. The minimum atomic E-state index is -0.00771. The number of aromatic nitrogens is 3. The van der Waals surface area contributed by atoms with E-state index in [-0.39, 0.29) is 11.9 Å². The Morgan fingerprint density at radius 3 is 3.00 bits per heavy atom. The molecule has 0 saturated heterocycles. The van der Waals surface area contributed by atoms with Crippen molar-refractivity contribution in [1.82, 2.24) is 20.1 Å². The van der Waals surface area contributed by atoms with Crippen molar-refractivity contribution in [2.45, 2.75) is 52.0 Å². The second-order valence-electron chi connectivity index (χ2n) is 7.49. The predicted octanol–water partition coefficient (Wildman–Crippen LogP) is 3.45. The van der Waals surface area contributed by atoms with Crippen molar-refractivity contribution in [3.8, 4) is 0 Å². The maximum atomic E-state index is 12.9. The molecule has 0 spiro atoms. The molecule has 1 amide bonds. The zero-order valence-corrected chi connectivity index (χ0v) is 15.7. The fraction of sp³-hybridized carbons (Fsp3) is 0.429. The molecule has 26 heavy (non-hydrogen) atoms. The van der Waals surface area contributed by atoms with Crippen LogP contribution in [0.5, 0.6) is 0 Å².